The molecule has 2 aromatic heterocycles. The van der Waals surface area contributed by atoms with Crippen LogP contribution >= 0.6 is 0 Å². The summed E-state index contributed by atoms with van der Waals surface area (Å²) in [6.45, 7) is 0.173. The van der Waals surface area contributed by atoms with Gasteiger partial charge in [0, 0.05) is 36.6 Å². The molecule has 0 radical (unpaired) electrons. The first kappa shape index (κ1) is 16.4. The Labute approximate surface area is 139 Å². The van der Waals surface area contributed by atoms with Gasteiger partial charge in [0.05, 0.1) is 6.26 Å². The van der Waals surface area contributed by atoms with Crippen molar-refractivity contribution in [2.24, 2.45) is 0 Å². The molecule has 0 bridgehead atoms. The number of hydrogen-bond donors (Lipinski definition) is 1. The SMILES string of the molecule is CS(=O)(=O)N(Cc1cccnc1)Cc1cc2ccccc2[nH]c1=O. The minimum atomic E-state index is -3.48. The fraction of sp³-hybridized carbons (Fsp3) is 0.176. The van der Waals surface area contributed by atoms with E-state index in [1.165, 1.54) is 4.31 Å². The van der Waals surface area contributed by atoms with Gasteiger partial charge in [0.1, 0.15) is 0 Å². The third-order valence-corrected chi connectivity index (χ3v) is 4.92. The van der Waals surface area contributed by atoms with Crippen molar-refractivity contribution in [2.45, 2.75) is 13.1 Å². The third-order valence-electron chi connectivity index (χ3n) is 3.73. The maximum absolute atomic E-state index is 12.3. The summed E-state index contributed by atoms with van der Waals surface area (Å²) in [5, 5.41) is 0.863. The van der Waals surface area contributed by atoms with E-state index in [-0.39, 0.29) is 18.6 Å². The number of sulfonamides is 1. The molecule has 2 heterocycles. The number of hydrogen-bond acceptors (Lipinski definition) is 4. The standard InChI is InChI=1S/C17H17N3O3S/c1-24(22,23)20(11-13-5-4-8-18-10-13)12-15-9-14-6-2-3-7-16(14)19-17(15)21/h2-10H,11-12H2,1H3,(H,19,21). The number of nitrogens with zero attached hydrogens (tertiary/aromatic N) is 2. The minimum absolute atomic E-state index is 0.00783. The van der Waals surface area contributed by atoms with E-state index in [0.717, 1.165) is 22.7 Å². The van der Waals surface area contributed by atoms with E-state index >= 15 is 0 Å². The molecule has 0 amide bonds. The lowest BCUT2D eigenvalue weighted by Crippen LogP contribution is -2.31. The Balaban J connectivity index is 1.96. The molecule has 1 N–H and O–H groups in total. The van der Waals surface area contributed by atoms with Crippen molar-refractivity contribution in [3.05, 3.63) is 76.3 Å². The van der Waals surface area contributed by atoms with Crippen molar-refractivity contribution in [1.82, 2.24) is 14.3 Å². The molecule has 0 aliphatic carbocycles. The summed E-state index contributed by atoms with van der Waals surface area (Å²) in [4.78, 5) is 19.0. The molecule has 0 aliphatic rings. The van der Waals surface area contributed by atoms with Crippen molar-refractivity contribution < 1.29 is 8.42 Å². The molecule has 0 fully saturated rings. The monoisotopic (exact) mass is 343 g/mol. The van der Waals surface area contributed by atoms with Crippen LogP contribution in [0.25, 0.3) is 10.9 Å². The summed E-state index contributed by atoms with van der Waals surface area (Å²) in [6.07, 6.45) is 4.38. The van der Waals surface area contributed by atoms with E-state index in [1.54, 1.807) is 30.6 Å². The van der Waals surface area contributed by atoms with Gasteiger partial charge in [-0.05, 0) is 29.1 Å². The number of rotatable bonds is 5. The Kier molecular flexibility index (Phi) is 4.46. The summed E-state index contributed by atoms with van der Waals surface area (Å²) in [5.74, 6) is 0. The number of H-pyrrole nitrogens is 1. The van der Waals surface area contributed by atoms with Crippen LogP contribution < -0.4 is 5.56 Å². The second-order valence-electron chi connectivity index (χ2n) is 5.60. The Morgan fingerprint density at radius 1 is 1.12 bits per heavy atom. The second-order valence-corrected chi connectivity index (χ2v) is 7.59. The molecule has 3 aromatic rings. The first-order valence-corrected chi connectivity index (χ1v) is 9.23. The molecule has 0 aliphatic heterocycles. The highest BCUT2D eigenvalue weighted by Crippen LogP contribution is 2.14. The number of fused-ring (bicyclic) bond motifs is 1. The number of pyridine rings is 2. The fourth-order valence-corrected chi connectivity index (χ4v) is 3.24. The molecule has 3 rings (SSSR count). The summed E-state index contributed by atoms with van der Waals surface area (Å²) < 4.78 is 25.5. The van der Waals surface area contributed by atoms with Gasteiger partial charge >= 0.3 is 0 Å². The van der Waals surface area contributed by atoms with E-state index in [9.17, 15) is 13.2 Å². The van der Waals surface area contributed by atoms with Gasteiger partial charge in [0.25, 0.3) is 5.56 Å². The van der Waals surface area contributed by atoms with E-state index in [2.05, 4.69) is 9.97 Å². The van der Waals surface area contributed by atoms with Crippen LogP contribution in [0.1, 0.15) is 11.1 Å². The minimum Gasteiger partial charge on any atom is -0.322 e. The molecular weight excluding hydrogens is 326 g/mol. The van der Waals surface area contributed by atoms with Crippen LogP contribution in [0.2, 0.25) is 0 Å². The molecule has 0 saturated heterocycles. The van der Waals surface area contributed by atoms with Gasteiger partial charge in [-0.15, -0.1) is 0 Å². The van der Waals surface area contributed by atoms with Crippen molar-refractivity contribution in [1.29, 1.82) is 0 Å². The van der Waals surface area contributed by atoms with Crippen LogP contribution in [0.4, 0.5) is 0 Å². The maximum Gasteiger partial charge on any atom is 0.252 e. The number of nitrogens with one attached hydrogen (secondary N) is 1. The predicted octanol–water partition coefficient (Wildman–Crippen LogP) is 1.88. The Morgan fingerprint density at radius 2 is 1.92 bits per heavy atom. The van der Waals surface area contributed by atoms with Crippen LogP contribution in [-0.2, 0) is 23.1 Å². The Morgan fingerprint density at radius 3 is 2.62 bits per heavy atom. The lowest BCUT2D eigenvalue weighted by Gasteiger charge is -2.19. The van der Waals surface area contributed by atoms with Crippen LogP contribution in [0.15, 0.2) is 59.7 Å². The van der Waals surface area contributed by atoms with Crippen molar-refractivity contribution >= 4 is 20.9 Å². The summed E-state index contributed by atoms with van der Waals surface area (Å²) in [7, 11) is -3.48. The van der Waals surface area contributed by atoms with Crippen LogP contribution in [-0.4, -0.2) is 28.9 Å². The summed E-state index contributed by atoms with van der Waals surface area (Å²) in [5.41, 5.74) is 1.61. The molecule has 7 heteroatoms. The smallest absolute Gasteiger partial charge is 0.252 e. The van der Waals surface area contributed by atoms with Crippen molar-refractivity contribution in [2.75, 3.05) is 6.26 Å². The number of aromatic nitrogens is 2. The van der Waals surface area contributed by atoms with E-state index in [0.29, 0.717) is 5.56 Å². The quantitative estimate of drug-likeness (QED) is 0.767. The Bertz CT molecular complexity index is 1010. The molecule has 24 heavy (non-hydrogen) atoms. The highest BCUT2D eigenvalue weighted by Gasteiger charge is 2.19. The van der Waals surface area contributed by atoms with Crippen LogP contribution in [0.3, 0.4) is 0 Å². The lowest BCUT2D eigenvalue weighted by atomic mass is 10.1. The molecule has 124 valence electrons. The van der Waals surface area contributed by atoms with Gasteiger partial charge in [-0.3, -0.25) is 9.78 Å². The molecule has 6 nitrogen and oxygen atoms in total. The van der Waals surface area contributed by atoms with Gasteiger partial charge < -0.3 is 4.98 Å². The van der Waals surface area contributed by atoms with E-state index < -0.39 is 10.0 Å². The van der Waals surface area contributed by atoms with Crippen LogP contribution in [0, 0.1) is 0 Å². The van der Waals surface area contributed by atoms with Gasteiger partial charge in [-0.2, -0.15) is 4.31 Å². The molecule has 0 unspecified atom stereocenters. The van der Waals surface area contributed by atoms with Crippen LogP contribution in [0.5, 0.6) is 0 Å². The number of aromatic amines is 1. The zero-order valence-electron chi connectivity index (χ0n) is 13.1. The first-order chi connectivity index (χ1) is 11.4. The third kappa shape index (κ3) is 3.69. The summed E-state index contributed by atoms with van der Waals surface area (Å²) in [6, 6.07) is 12.7. The summed E-state index contributed by atoms with van der Waals surface area (Å²) >= 11 is 0. The molecule has 0 atom stereocenters. The molecule has 0 saturated carbocycles. The topological polar surface area (TPSA) is 83.1 Å². The van der Waals surface area contributed by atoms with Gasteiger partial charge in [0.2, 0.25) is 10.0 Å². The average Bonchev–Trinajstić information content (AvgIpc) is 2.55. The lowest BCUT2D eigenvalue weighted by molar-refractivity contribution is 0.403. The molecular formula is C17H17N3O3S. The Hall–Kier alpha value is -2.51. The normalized spacial score (nSPS) is 11.9. The predicted molar refractivity (Wildman–Crippen MR) is 92.9 cm³/mol. The highest BCUT2D eigenvalue weighted by molar-refractivity contribution is 7.88. The van der Waals surface area contributed by atoms with Crippen molar-refractivity contribution in [3.63, 3.8) is 0 Å². The molecule has 0 spiro atoms. The zero-order chi connectivity index (χ0) is 17.2. The number of para-hydroxylation sites is 1. The van der Waals surface area contributed by atoms with Crippen molar-refractivity contribution in [3.8, 4) is 0 Å². The first-order valence-electron chi connectivity index (χ1n) is 7.38. The molecule has 1 aromatic carbocycles. The second kappa shape index (κ2) is 6.54. The number of benzene rings is 1. The van der Waals surface area contributed by atoms with E-state index in [1.807, 2.05) is 24.3 Å². The zero-order valence-corrected chi connectivity index (χ0v) is 14.0. The van der Waals surface area contributed by atoms with Gasteiger partial charge in [-0.1, -0.05) is 24.3 Å². The average molecular weight is 343 g/mol. The van der Waals surface area contributed by atoms with Gasteiger partial charge in [0.15, 0.2) is 0 Å². The highest BCUT2D eigenvalue weighted by atomic mass is 32.2. The maximum atomic E-state index is 12.3. The largest absolute Gasteiger partial charge is 0.322 e. The van der Waals surface area contributed by atoms with Gasteiger partial charge in [-0.25, -0.2) is 8.42 Å². The fourth-order valence-electron chi connectivity index (χ4n) is 2.49. The van der Waals surface area contributed by atoms with E-state index in [4.69, 9.17) is 0 Å².